The van der Waals surface area contributed by atoms with Crippen molar-refractivity contribution < 1.29 is 4.79 Å². The van der Waals surface area contributed by atoms with Crippen molar-refractivity contribution in [1.29, 1.82) is 0 Å². The van der Waals surface area contributed by atoms with Crippen LogP contribution < -0.4 is 11.1 Å². The SMILES string of the molecule is CCC[C@H](N)C(=O)NC1CCCCC1(C)C. The third-order valence-corrected chi connectivity index (χ3v) is 3.76. The van der Waals surface area contributed by atoms with Gasteiger partial charge in [-0.2, -0.15) is 0 Å². The predicted molar refractivity (Wildman–Crippen MR) is 67.1 cm³/mol. The molecule has 1 saturated carbocycles. The number of hydrogen-bond acceptors (Lipinski definition) is 2. The van der Waals surface area contributed by atoms with Crippen LogP contribution in [0.4, 0.5) is 0 Å². The van der Waals surface area contributed by atoms with Crippen LogP contribution in [0.3, 0.4) is 0 Å². The van der Waals surface area contributed by atoms with Crippen LogP contribution in [0.1, 0.15) is 59.3 Å². The second-order valence-corrected chi connectivity index (χ2v) is 5.69. The lowest BCUT2D eigenvalue weighted by molar-refractivity contribution is -0.124. The summed E-state index contributed by atoms with van der Waals surface area (Å²) >= 11 is 0. The quantitative estimate of drug-likeness (QED) is 0.772. The average Bonchev–Trinajstić information content (AvgIpc) is 2.21. The molecule has 1 unspecified atom stereocenters. The van der Waals surface area contributed by atoms with Gasteiger partial charge in [0.15, 0.2) is 0 Å². The molecule has 0 radical (unpaired) electrons. The maximum atomic E-state index is 11.9. The second-order valence-electron chi connectivity index (χ2n) is 5.69. The van der Waals surface area contributed by atoms with E-state index in [2.05, 4.69) is 26.1 Å². The molecule has 1 rings (SSSR count). The van der Waals surface area contributed by atoms with Crippen LogP contribution in [0.15, 0.2) is 0 Å². The zero-order valence-corrected chi connectivity index (χ0v) is 10.9. The van der Waals surface area contributed by atoms with Crippen molar-refractivity contribution in [3.63, 3.8) is 0 Å². The summed E-state index contributed by atoms with van der Waals surface area (Å²) in [6.45, 7) is 6.53. The van der Waals surface area contributed by atoms with E-state index in [4.69, 9.17) is 5.73 Å². The van der Waals surface area contributed by atoms with E-state index < -0.39 is 0 Å². The van der Waals surface area contributed by atoms with Crippen LogP contribution in [-0.2, 0) is 4.79 Å². The summed E-state index contributed by atoms with van der Waals surface area (Å²) in [6, 6.07) is -0.0283. The van der Waals surface area contributed by atoms with Crippen molar-refractivity contribution >= 4 is 5.91 Å². The van der Waals surface area contributed by atoms with Crippen LogP contribution in [0.5, 0.6) is 0 Å². The molecule has 94 valence electrons. The number of carbonyl (C=O) groups is 1. The Morgan fingerprint density at radius 3 is 2.75 bits per heavy atom. The molecule has 0 aromatic carbocycles. The molecule has 1 fully saturated rings. The Hall–Kier alpha value is -0.570. The zero-order valence-electron chi connectivity index (χ0n) is 10.9. The molecule has 3 nitrogen and oxygen atoms in total. The van der Waals surface area contributed by atoms with Crippen LogP contribution in [0.2, 0.25) is 0 Å². The predicted octanol–water partition coefficient (Wildman–Crippen LogP) is 2.20. The van der Waals surface area contributed by atoms with Gasteiger partial charge in [-0.15, -0.1) is 0 Å². The van der Waals surface area contributed by atoms with E-state index >= 15 is 0 Å². The van der Waals surface area contributed by atoms with E-state index in [1.165, 1.54) is 19.3 Å². The van der Waals surface area contributed by atoms with Gasteiger partial charge < -0.3 is 11.1 Å². The van der Waals surface area contributed by atoms with Crippen LogP contribution in [0, 0.1) is 5.41 Å². The van der Waals surface area contributed by atoms with Gasteiger partial charge >= 0.3 is 0 Å². The number of hydrogen-bond donors (Lipinski definition) is 2. The molecule has 0 aromatic heterocycles. The monoisotopic (exact) mass is 226 g/mol. The smallest absolute Gasteiger partial charge is 0.237 e. The fourth-order valence-corrected chi connectivity index (χ4v) is 2.48. The lowest BCUT2D eigenvalue weighted by atomic mass is 9.73. The van der Waals surface area contributed by atoms with Crippen molar-refractivity contribution in [1.82, 2.24) is 5.32 Å². The minimum absolute atomic E-state index is 0.0295. The number of nitrogens with two attached hydrogens (primary N) is 1. The second kappa shape index (κ2) is 5.67. The highest BCUT2D eigenvalue weighted by atomic mass is 16.2. The van der Waals surface area contributed by atoms with Gasteiger partial charge in [0.2, 0.25) is 5.91 Å². The molecule has 0 spiro atoms. The molecule has 1 aliphatic rings. The number of amides is 1. The van der Waals surface area contributed by atoms with Crippen LogP contribution in [0.25, 0.3) is 0 Å². The Morgan fingerprint density at radius 2 is 2.19 bits per heavy atom. The van der Waals surface area contributed by atoms with E-state index in [1.807, 2.05) is 0 Å². The third kappa shape index (κ3) is 3.48. The van der Waals surface area contributed by atoms with E-state index in [1.54, 1.807) is 0 Å². The Labute approximate surface area is 99.2 Å². The van der Waals surface area contributed by atoms with Crippen molar-refractivity contribution in [2.75, 3.05) is 0 Å². The first-order chi connectivity index (χ1) is 7.47. The summed E-state index contributed by atoms with van der Waals surface area (Å²) < 4.78 is 0. The molecule has 16 heavy (non-hydrogen) atoms. The molecule has 2 atom stereocenters. The van der Waals surface area contributed by atoms with Crippen molar-refractivity contribution in [3.8, 4) is 0 Å². The standard InChI is InChI=1S/C13H26N2O/c1-4-7-10(14)12(16)15-11-8-5-6-9-13(11,2)3/h10-11H,4-9,14H2,1-3H3,(H,15,16)/t10-,11?/m0/s1. The van der Waals surface area contributed by atoms with Gasteiger partial charge in [-0.3, -0.25) is 4.79 Å². The summed E-state index contributed by atoms with van der Waals surface area (Å²) in [7, 11) is 0. The van der Waals surface area contributed by atoms with Gasteiger partial charge in [0.1, 0.15) is 0 Å². The Morgan fingerprint density at radius 1 is 1.50 bits per heavy atom. The van der Waals surface area contributed by atoms with Crippen molar-refractivity contribution in [2.45, 2.75) is 71.4 Å². The molecule has 0 aliphatic heterocycles. The minimum atomic E-state index is -0.331. The van der Waals surface area contributed by atoms with E-state index in [0.717, 1.165) is 19.3 Å². The van der Waals surface area contributed by atoms with Gasteiger partial charge in [-0.05, 0) is 24.7 Å². The summed E-state index contributed by atoms with van der Waals surface area (Å²) in [5.74, 6) is 0.0295. The molecule has 1 amide bonds. The van der Waals surface area contributed by atoms with Crippen molar-refractivity contribution in [2.24, 2.45) is 11.1 Å². The first-order valence-electron chi connectivity index (χ1n) is 6.53. The summed E-state index contributed by atoms with van der Waals surface area (Å²) in [5, 5.41) is 3.13. The molecule has 0 bridgehead atoms. The molecule has 3 heteroatoms. The molecular weight excluding hydrogens is 200 g/mol. The molecule has 1 aliphatic carbocycles. The summed E-state index contributed by atoms with van der Waals surface area (Å²) in [5.41, 5.74) is 6.04. The largest absolute Gasteiger partial charge is 0.351 e. The third-order valence-electron chi connectivity index (χ3n) is 3.76. The fraction of sp³-hybridized carbons (Fsp3) is 0.923. The van der Waals surface area contributed by atoms with Crippen LogP contribution in [-0.4, -0.2) is 18.0 Å². The highest BCUT2D eigenvalue weighted by molar-refractivity contribution is 5.81. The average molecular weight is 226 g/mol. The normalized spacial score (nSPS) is 26.1. The molecular formula is C13H26N2O. The Bertz CT molecular complexity index is 238. The first kappa shape index (κ1) is 13.5. The number of rotatable bonds is 4. The molecule has 0 aromatic rings. The van der Waals surface area contributed by atoms with Gasteiger partial charge in [0.05, 0.1) is 6.04 Å². The molecule has 0 saturated heterocycles. The Kier molecular flexibility index (Phi) is 4.78. The highest BCUT2D eigenvalue weighted by Gasteiger charge is 2.33. The van der Waals surface area contributed by atoms with Gasteiger partial charge in [-0.25, -0.2) is 0 Å². The lowest BCUT2D eigenvalue weighted by Crippen LogP contribution is -2.51. The topological polar surface area (TPSA) is 55.1 Å². The lowest BCUT2D eigenvalue weighted by Gasteiger charge is -2.39. The zero-order chi connectivity index (χ0) is 12.2. The van der Waals surface area contributed by atoms with Crippen molar-refractivity contribution in [3.05, 3.63) is 0 Å². The maximum Gasteiger partial charge on any atom is 0.237 e. The van der Waals surface area contributed by atoms with Gasteiger partial charge in [0.25, 0.3) is 0 Å². The Balaban J connectivity index is 2.49. The van der Waals surface area contributed by atoms with E-state index in [9.17, 15) is 4.79 Å². The summed E-state index contributed by atoms with van der Waals surface area (Å²) in [4.78, 5) is 11.9. The highest BCUT2D eigenvalue weighted by Crippen LogP contribution is 2.35. The maximum absolute atomic E-state index is 11.9. The van der Waals surface area contributed by atoms with E-state index in [-0.39, 0.29) is 17.4 Å². The van der Waals surface area contributed by atoms with E-state index in [0.29, 0.717) is 6.04 Å². The minimum Gasteiger partial charge on any atom is -0.351 e. The summed E-state index contributed by atoms with van der Waals surface area (Å²) in [6.07, 6.45) is 6.53. The van der Waals surface area contributed by atoms with Gasteiger partial charge in [-0.1, -0.05) is 40.0 Å². The molecule has 0 heterocycles. The van der Waals surface area contributed by atoms with Gasteiger partial charge in [0, 0.05) is 6.04 Å². The molecule has 3 N–H and O–H groups in total. The van der Waals surface area contributed by atoms with Crippen LogP contribution >= 0.6 is 0 Å². The first-order valence-corrected chi connectivity index (χ1v) is 6.53. The number of carbonyl (C=O) groups excluding carboxylic acids is 1. The fourth-order valence-electron chi connectivity index (χ4n) is 2.48. The number of nitrogens with one attached hydrogen (secondary N) is 1.